The van der Waals surface area contributed by atoms with Crippen LogP contribution in [0.4, 0.5) is 8.78 Å². The Bertz CT molecular complexity index is 586. The van der Waals surface area contributed by atoms with E-state index in [9.17, 15) is 8.78 Å². The van der Waals surface area contributed by atoms with Crippen LogP contribution in [0.3, 0.4) is 0 Å². The first kappa shape index (κ1) is 14.9. The van der Waals surface area contributed by atoms with E-state index in [0.29, 0.717) is 22.7 Å². The van der Waals surface area contributed by atoms with Crippen LogP contribution in [0.2, 0.25) is 5.02 Å². The normalized spacial score (nSPS) is 12.4. The Morgan fingerprint density at radius 3 is 2.60 bits per heavy atom. The van der Waals surface area contributed by atoms with Crippen molar-refractivity contribution in [3.8, 4) is 0 Å². The van der Waals surface area contributed by atoms with Crippen molar-refractivity contribution in [2.45, 2.75) is 19.4 Å². The molecular weight excluding hydrogens is 280 g/mol. The van der Waals surface area contributed by atoms with Crippen LogP contribution in [0.25, 0.3) is 0 Å². The van der Waals surface area contributed by atoms with Crippen LogP contribution in [-0.4, -0.2) is 6.54 Å². The maximum Gasteiger partial charge on any atom is 0.129 e. The molecular formula is C16H16ClF2N. The summed E-state index contributed by atoms with van der Waals surface area (Å²) in [7, 11) is 0. The zero-order chi connectivity index (χ0) is 14.5. The van der Waals surface area contributed by atoms with Gasteiger partial charge >= 0.3 is 0 Å². The van der Waals surface area contributed by atoms with Gasteiger partial charge in [0, 0.05) is 10.6 Å². The standard InChI is InChI=1S/C16H16ClF2N/c1-2-8-20-16(11-4-3-5-13(18)9-11)14-7-6-12(17)10-15(14)19/h3-7,9-10,16,20H,2,8H2,1H3. The van der Waals surface area contributed by atoms with Crippen molar-refractivity contribution in [3.63, 3.8) is 0 Å². The van der Waals surface area contributed by atoms with E-state index in [1.807, 2.05) is 6.92 Å². The molecule has 1 unspecified atom stereocenters. The van der Waals surface area contributed by atoms with Gasteiger partial charge in [-0.15, -0.1) is 0 Å². The van der Waals surface area contributed by atoms with E-state index in [4.69, 9.17) is 11.6 Å². The van der Waals surface area contributed by atoms with Gasteiger partial charge in [0.2, 0.25) is 0 Å². The van der Waals surface area contributed by atoms with E-state index >= 15 is 0 Å². The average Bonchev–Trinajstić information content (AvgIpc) is 2.41. The first-order valence-corrected chi connectivity index (χ1v) is 6.93. The Morgan fingerprint density at radius 1 is 1.15 bits per heavy atom. The van der Waals surface area contributed by atoms with Gasteiger partial charge in [0.25, 0.3) is 0 Å². The number of hydrogen-bond donors (Lipinski definition) is 1. The van der Waals surface area contributed by atoms with Crippen molar-refractivity contribution in [2.75, 3.05) is 6.54 Å². The third-order valence-electron chi connectivity index (χ3n) is 3.05. The second-order valence-corrected chi connectivity index (χ2v) is 5.04. The van der Waals surface area contributed by atoms with E-state index in [-0.39, 0.29) is 11.9 Å². The number of rotatable bonds is 5. The first-order chi connectivity index (χ1) is 9.61. The molecule has 20 heavy (non-hydrogen) atoms. The summed E-state index contributed by atoms with van der Waals surface area (Å²) in [6.45, 7) is 2.73. The zero-order valence-electron chi connectivity index (χ0n) is 11.2. The van der Waals surface area contributed by atoms with Crippen molar-refractivity contribution in [2.24, 2.45) is 0 Å². The summed E-state index contributed by atoms with van der Waals surface area (Å²) >= 11 is 5.78. The molecule has 0 bridgehead atoms. The fraction of sp³-hybridized carbons (Fsp3) is 0.250. The minimum absolute atomic E-state index is 0.333. The van der Waals surface area contributed by atoms with Crippen LogP contribution >= 0.6 is 11.6 Å². The maximum absolute atomic E-state index is 14.1. The highest BCUT2D eigenvalue weighted by Gasteiger charge is 2.17. The maximum atomic E-state index is 14.1. The lowest BCUT2D eigenvalue weighted by Crippen LogP contribution is -2.24. The number of hydrogen-bond acceptors (Lipinski definition) is 1. The van der Waals surface area contributed by atoms with Gasteiger partial charge in [0.15, 0.2) is 0 Å². The van der Waals surface area contributed by atoms with E-state index in [1.165, 1.54) is 18.2 Å². The number of nitrogens with one attached hydrogen (secondary N) is 1. The van der Waals surface area contributed by atoms with Crippen molar-refractivity contribution in [1.29, 1.82) is 0 Å². The van der Waals surface area contributed by atoms with Gasteiger partial charge < -0.3 is 5.32 Å². The first-order valence-electron chi connectivity index (χ1n) is 6.55. The summed E-state index contributed by atoms with van der Waals surface area (Å²) in [5.74, 6) is -0.726. The quantitative estimate of drug-likeness (QED) is 0.842. The SMILES string of the molecule is CCCNC(c1cccc(F)c1)c1ccc(Cl)cc1F. The van der Waals surface area contributed by atoms with Gasteiger partial charge in [0.05, 0.1) is 6.04 Å². The predicted octanol–water partition coefficient (Wildman–Crippen LogP) is 4.71. The van der Waals surface area contributed by atoms with Crippen molar-refractivity contribution in [3.05, 3.63) is 70.2 Å². The van der Waals surface area contributed by atoms with Crippen LogP contribution < -0.4 is 5.32 Å². The molecule has 106 valence electrons. The van der Waals surface area contributed by atoms with Gasteiger partial charge in [-0.2, -0.15) is 0 Å². The molecule has 1 N–H and O–H groups in total. The molecule has 0 heterocycles. The van der Waals surface area contributed by atoms with E-state index in [0.717, 1.165) is 6.42 Å². The Balaban J connectivity index is 2.41. The number of halogens is 3. The molecule has 1 nitrogen and oxygen atoms in total. The fourth-order valence-electron chi connectivity index (χ4n) is 2.12. The van der Waals surface area contributed by atoms with Crippen LogP contribution in [-0.2, 0) is 0 Å². The topological polar surface area (TPSA) is 12.0 Å². The summed E-state index contributed by atoms with van der Waals surface area (Å²) in [6.07, 6.45) is 0.904. The Labute approximate surface area is 122 Å². The van der Waals surface area contributed by atoms with Gasteiger partial charge in [-0.25, -0.2) is 8.78 Å². The summed E-state index contributed by atoms with van der Waals surface area (Å²) < 4.78 is 27.5. The Morgan fingerprint density at radius 2 is 1.95 bits per heavy atom. The van der Waals surface area contributed by atoms with Crippen LogP contribution in [0, 0.1) is 11.6 Å². The average molecular weight is 296 g/mol. The third kappa shape index (κ3) is 3.56. The Hall–Kier alpha value is -1.45. The monoisotopic (exact) mass is 295 g/mol. The molecule has 0 aromatic heterocycles. The van der Waals surface area contributed by atoms with Crippen LogP contribution in [0.5, 0.6) is 0 Å². The minimum Gasteiger partial charge on any atom is -0.306 e. The summed E-state index contributed by atoms with van der Waals surface area (Å²) in [5, 5.41) is 3.59. The highest BCUT2D eigenvalue weighted by Crippen LogP contribution is 2.26. The fourth-order valence-corrected chi connectivity index (χ4v) is 2.28. The second-order valence-electron chi connectivity index (χ2n) is 4.61. The molecule has 4 heteroatoms. The molecule has 0 amide bonds. The number of benzene rings is 2. The predicted molar refractivity (Wildman–Crippen MR) is 77.9 cm³/mol. The molecule has 0 fully saturated rings. The van der Waals surface area contributed by atoms with E-state index in [2.05, 4.69) is 5.32 Å². The van der Waals surface area contributed by atoms with Crippen molar-refractivity contribution < 1.29 is 8.78 Å². The lowest BCUT2D eigenvalue weighted by molar-refractivity contribution is 0.543. The van der Waals surface area contributed by atoms with Gasteiger partial charge in [-0.3, -0.25) is 0 Å². The molecule has 0 aliphatic carbocycles. The van der Waals surface area contributed by atoms with Gasteiger partial charge in [-0.05, 0) is 42.8 Å². The summed E-state index contributed by atoms with van der Waals surface area (Å²) in [4.78, 5) is 0. The molecule has 2 aromatic carbocycles. The third-order valence-corrected chi connectivity index (χ3v) is 3.29. The molecule has 0 aliphatic rings. The molecule has 0 saturated heterocycles. The molecule has 0 aliphatic heterocycles. The summed E-state index contributed by atoms with van der Waals surface area (Å²) in [6, 6.07) is 10.4. The molecule has 2 rings (SSSR count). The minimum atomic E-state index is -0.393. The lowest BCUT2D eigenvalue weighted by Gasteiger charge is -2.20. The second kappa shape index (κ2) is 6.82. The Kier molecular flexibility index (Phi) is 5.10. The van der Waals surface area contributed by atoms with Gasteiger partial charge in [-0.1, -0.05) is 36.7 Å². The van der Waals surface area contributed by atoms with Gasteiger partial charge in [0.1, 0.15) is 11.6 Å². The highest BCUT2D eigenvalue weighted by molar-refractivity contribution is 6.30. The van der Waals surface area contributed by atoms with Crippen molar-refractivity contribution in [1.82, 2.24) is 5.32 Å². The smallest absolute Gasteiger partial charge is 0.129 e. The molecule has 2 aromatic rings. The largest absolute Gasteiger partial charge is 0.306 e. The molecule has 0 spiro atoms. The zero-order valence-corrected chi connectivity index (χ0v) is 11.9. The molecule has 0 saturated carbocycles. The van der Waals surface area contributed by atoms with Crippen molar-refractivity contribution >= 4 is 11.6 Å². The van der Waals surface area contributed by atoms with Crippen LogP contribution in [0.15, 0.2) is 42.5 Å². The van der Waals surface area contributed by atoms with Crippen LogP contribution in [0.1, 0.15) is 30.5 Å². The summed E-state index contributed by atoms with van der Waals surface area (Å²) in [5.41, 5.74) is 1.16. The molecule has 1 atom stereocenters. The lowest BCUT2D eigenvalue weighted by atomic mass is 9.98. The molecule has 0 radical (unpaired) electrons. The van der Waals surface area contributed by atoms with E-state index < -0.39 is 5.82 Å². The van der Waals surface area contributed by atoms with E-state index in [1.54, 1.807) is 24.3 Å². The highest BCUT2D eigenvalue weighted by atomic mass is 35.5.